The van der Waals surface area contributed by atoms with E-state index in [0.717, 1.165) is 37.3 Å². The molecule has 0 spiro atoms. The maximum atomic E-state index is 9.63. The fourth-order valence-electron chi connectivity index (χ4n) is 3.00. The van der Waals surface area contributed by atoms with Gasteiger partial charge in [-0.2, -0.15) is 10.4 Å². The molecule has 0 bridgehead atoms. The van der Waals surface area contributed by atoms with E-state index < -0.39 is 0 Å². The maximum absolute atomic E-state index is 9.63. The van der Waals surface area contributed by atoms with Crippen LogP contribution in [0.4, 0.5) is 5.82 Å². The second-order valence-corrected chi connectivity index (χ2v) is 6.07. The number of aromatic nitrogens is 2. The lowest BCUT2D eigenvalue weighted by molar-refractivity contribution is 0.0884. The summed E-state index contributed by atoms with van der Waals surface area (Å²) in [6, 6.07) is 2.64. The van der Waals surface area contributed by atoms with Crippen LogP contribution in [0.2, 0.25) is 0 Å². The summed E-state index contributed by atoms with van der Waals surface area (Å²) >= 11 is 0. The lowest BCUT2D eigenvalue weighted by atomic mass is 10.1. The fraction of sp³-hybridized carbons (Fsp3) is 0.688. The first-order valence-corrected chi connectivity index (χ1v) is 7.88. The highest BCUT2D eigenvalue weighted by atomic mass is 16.3. The van der Waals surface area contributed by atoms with Crippen molar-refractivity contribution in [1.29, 1.82) is 5.26 Å². The van der Waals surface area contributed by atoms with Crippen molar-refractivity contribution < 1.29 is 5.11 Å². The van der Waals surface area contributed by atoms with Gasteiger partial charge in [-0.05, 0) is 32.8 Å². The Bertz CT molecular complexity index is 566. The van der Waals surface area contributed by atoms with E-state index in [2.05, 4.69) is 33.0 Å². The van der Waals surface area contributed by atoms with Crippen LogP contribution in [-0.4, -0.2) is 58.5 Å². The van der Waals surface area contributed by atoms with Crippen LogP contribution < -0.4 is 4.90 Å². The minimum Gasteiger partial charge on any atom is -0.392 e. The van der Waals surface area contributed by atoms with E-state index in [9.17, 15) is 10.4 Å². The van der Waals surface area contributed by atoms with E-state index in [4.69, 9.17) is 0 Å². The predicted molar refractivity (Wildman–Crippen MR) is 85.8 cm³/mol. The van der Waals surface area contributed by atoms with Crippen LogP contribution in [0, 0.1) is 25.2 Å². The van der Waals surface area contributed by atoms with Gasteiger partial charge in [0, 0.05) is 32.2 Å². The van der Waals surface area contributed by atoms with Gasteiger partial charge in [-0.15, -0.1) is 5.10 Å². The number of rotatable bonds is 4. The average molecular weight is 303 g/mol. The number of nitrogens with zero attached hydrogens (tertiary/aromatic N) is 5. The molecule has 1 N–H and O–H groups in total. The topological polar surface area (TPSA) is 76.3 Å². The normalized spacial score (nSPS) is 20.7. The van der Waals surface area contributed by atoms with Crippen LogP contribution in [0.3, 0.4) is 0 Å². The largest absolute Gasteiger partial charge is 0.392 e. The molecule has 120 valence electrons. The number of β-amino-alcohol motifs (C(OH)–C–C–N with tert-alkyl or cyclic N) is 1. The standard InChI is InChI=1S/C16H25N5O/c1-5-14-10-21(7-6-20(14)9-11(2)22)16-15(8-17)12(3)13(4)18-19-16/h11,14,22H,5-7,9-10H2,1-4H3/t11-,14-/m1/s1. The molecule has 1 aromatic heterocycles. The number of piperazine rings is 1. The van der Waals surface area contributed by atoms with Crippen LogP contribution in [0.5, 0.6) is 0 Å². The smallest absolute Gasteiger partial charge is 0.169 e. The number of aryl methyl sites for hydroxylation is 1. The summed E-state index contributed by atoms with van der Waals surface area (Å²) in [4.78, 5) is 4.48. The summed E-state index contributed by atoms with van der Waals surface area (Å²) in [6.45, 7) is 10.9. The molecule has 1 saturated heterocycles. The third kappa shape index (κ3) is 3.37. The molecule has 0 unspecified atom stereocenters. The molecular weight excluding hydrogens is 278 g/mol. The van der Waals surface area contributed by atoms with Gasteiger partial charge in [-0.3, -0.25) is 4.90 Å². The molecule has 1 aliphatic heterocycles. The van der Waals surface area contributed by atoms with Crippen molar-refractivity contribution in [3.8, 4) is 6.07 Å². The van der Waals surface area contributed by atoms with Gasteiger partial charge < -0.3 is 10.0 Å². The van der Waals surface area contributed by atoms with Crippen molar-refractivity contribution in [2.45, 2.75) is 46.3 Å². The zero-order chi connectivity index (χ0) is 16.3. The molecule has 1 aromatic rings. The summed E-state index contributed by atoms with van der Waals surface area (Å²) in [7, 11) is 0. The Hall–Kier alpha value is -1.71. The molecule has 22 heavy (non-hydrogen) atoms. The SMILES string of the molecule is CC[C@@H]1CN(c2nnc(C)c(C)c2C#N)CCN1C[C@@H](C)O. The van der Waals surface area contributed by atoms with Crippen molar-refractivity contribution in [2.75, 3.05) is 31.1 Å². The number of aliphatic hydroxyl groups is 1. The van der Waals surface area contributed by atoms with E-state index in [0.29, 0.717) is 24.0 Å². The minimum absolute atomic E-state index is 0.323. The van der Waals surface area contributed by atoms with Crippen molar-refractivity contribution in [3.63, 3.8) is 0 Å². The van der Waals surface area contributed by atoms with Crippen LogP contribution in [0.15, 0.2) is 0 Å². The number of aliphatic hydroxyl groups excluding tert-OH is 1. The average Bonchev–Trinajstić information content (AvgIpc) is 2.49. The van der Waals surface area contributed by atoms with Crippen molar-refractivity contribution >= 4 is 5.82 Å². The Morgan fingerprint density at radius 2 is 2.09 bits per heavy atom. The number of hydrogen-bond donors (Lipinski definition) is 1. The molecule has 2 atom stereocenters. The van der Waals surface area contributed by atoms with Gasteiger partial charge in [-0.25, -0.2) is 0 Å². The quantitative estimate of drug-likeness (QED) is 0.902. The minimum atomic E-state index is -0.323. The fourth-order valence-corrected chi connectivity index (χ4v) is 3.00. The van der Waals surface area contributed by atoms with Crippen molar-refractivity contribution in [3.05, 3.63) is 16.8 Å². The maximum Gasteiger partial charge on any atom is 0.169 e. The van der Waals surface area contributed by atoms with Gasteiger partial charge in [-0.1, -0.05) is 6.92 Å². The molecule has 0 aromatic carbocycles. The van der Waals surface area contributed by atoms with E-state index in [1.807, 2.05) is 20.8 Å². The highest BCUT2D eigenvalue weighted by molar-refractivity contribution is 5.57. The predicted octanol–water partition coefficient (Wildman–Crippen LogP) is 1.25. The Morgan fingerprint density at radius 1 is 1.36 bits per heavy atom. The van der Waals surface area contributed by atoms with E-state index in [1.54, 1.807) is 0 Å². The van der Waals surface area contributed by atoms with Gasteiger partial charge in [0.15, 0.2) is 5.82 Å². The summed E-state index contributed by atoms with van der Waals surface area (Å²) < 4.78 is 0. The Balaban J connectivity index is 2.22. The first-order chi connectivity index (χ1) is 10.5. The highest BCUT2D eigenvalue weighted by Gasteiger charge is 2.29. The summed E-state index contributed by atoms with van der Waals surface area (Å²) in [6.07, 6.45) is 0.681. The van der Waals surface area contributed by atoms with Gasteiger partial charge in [0.2, 0.25) is 0 Å². The zero-order valence-electron chi connectivity index (χ0n) is 13.9. The molecular formula is C16H25N5O. The van der Waals surface area contributed by atoms with E-state index >= 15 is 0 Å². The molecule has 2 rings (SSSR count). The number of anilines is 1. The molecule has 1 aliphatic rings. The van der Waals surface area contributed by atoms with Gasteiger partial charge in [0.25, 0.3) is 0 Å². The number of hydrogen-bond acceptors (Lipinski definition) is 6. The monoisotopic (exact) mass is 303 g/mol. The lowest BCUT2D eigenvalue weighted by Gasteiger charge is -2.42. The second kappa shape index (κ2) is 7.03. The van der Waals surface area contributed by atoms with Gasteiger partial charge >= 0.3 is 0 Å². The Morgan fingerprint density at radius 3 is 2.68 bits per heavy atom. The molecule has 0 radical (unpaired) electrons. The van der Waals surface area contributed by atoms with Crippen LogP contribution >= 0.6 is 0 Å². The molecule has 0 saturated carbocycles. The van der Waals surface area contributed by atoms with Crippen LogP contribution in [0.1, 0.15) is 37.1 Å². The summed E-state index contributed by atoms with van der Waals surface area (Å²) in [5, 5.41) is 27.5. The molecule has 6 heteroatoms. The zero-order valence-corrected chi connectivity index (χ0v) is 13.9. The lowest BCUT2D eigenvalue weighted by Crippen LogP contribution is -2.55. The second-order valence-electron chi connectivity index (χ2n) is 6.07. The summed E-state index contributed by atoms with van der Waals surface area (Å²) in [5.74, 6) is 0.695. The van der Waals surface area contributed by atoms with Gasteiger partial charge in [0.1, 0.15) is 11.6 Å². The third-order valence-corrected chi connectivity index (χ3v) is 4.42. The van der Waals surface area contributed by atoms with Crippen LogP contribution in [-0.2, 0) is 0 Å². The molecule has 0 amide bonds. The van der Waals surface area contributed by atoms with Crippen LogP contribution in [0.25, 0.3) is 0 Å². The molecule has 0 aliphatic carbocycles. The number of nitriles is 1. The first-order valence-electron chi connectivity index (χ1n) is 7.88. The first kappa shape index (κ1) is 16.7. The Labute approximate surface area is 132 Å². The molecule has 2 heterocycles. The third-order valence-electron chi connectivity index (χ3n) is 4.42. The van der Waals surface area contributed by atoms with Gasteiger partial charge in [0.05, 0.1) is 11.8 Å². The van der Waals surface area contributed by atoms with E-state index in [-0.39, 0.29) is 6.10 Å². The Kier molecular flexibility index (Phi) is 5.33. The molecule has 1 fully saturated rings. The summed E-state index contributed by atoms with van der Waals surface area (Å²) in [5.41, 5.74) is 2.35. The van der Waals surface area contributed by atoms with Crippen molar-refractivity contribution in [2.24, 2.45) is 0 Å². The molecule has 6 nitrogen and oxygen atoms in total. The van der Waals surface area contributed by atoms with Crippen molar-refractivity contribution in [1.82, 2.24) is 15.1 Å². The van der Waals surface area contributed by atoms with E-state index in [1.165, 1.54) is 0 Å². The highest BCUT2D eigenvalue weighted by Crippen LogP contribution is 2.24.